The summed E-state index contributed by atoms with van der Waals surface area (Å²) in [7, 11) is 0. The second-order valence-electron chi connectivity index (χ2n) is 6.41. The lowest BCUT2D eigenvalue weighted by atomic mass is 9.97. The van der Waals surface area contributed by atoms with Gasteiger partial charge in [-0.2, -0.15) is 0 Å². The van der Waals surface area contributed by atoms with E-state index in [0.29, 0.717) is 13.0 Å². The van der Waals surface area contributed by atoms with Crippen molar-refractivity contribution in [1.82, 2.24) is 10.6 Å². The quantitative estimate of drug-likeness (QED) is 0.891. The second kappa shape index (κ2) is 7.59. The summed E-state index contributed by atoms with van der Waals surface area (Å²) in [5, 5.41) is 6.30. The molecule has 2 aliphatic heterocycles. The zero-order chi connectivity index (χ0) is 16.1. The van der Waals surface area contributed by atoms with Gasteiger partial charge >= 0.3 is 0 Å². The predicted molar refractivity (Wildman–Crippen MR) is 90.1 cm³/mol. The monoisotopic (exact) mass is 315 g/mol. The number of nitrogens with one attached hydrogen (secondary N) is 2. The molecule has 2 saturated heterocycles. The number of rotatable bonds is 4. The molecule has 0 aromatic heterocycles. The molecule has 0 unspecified atom stereocenters. The van der Waals surface area contributed by atoms with Crippen molar-refractivity contribution in [3.8, 4) is 0 Å². The molecule has 5 nitrogen and oxygen atoms in total. The molecule has 23 heavy (non-hydrogen) atoms. The first-order valence-corrected chi connectivity index (χ1v) is 8.62. The van der Waals surface area contributed by atoms with Crippen LogP contribution in [-0.2, 0) is 16.1 Å². The van der Waals surface area contributed by atoms with Gasteiger partial charge in [-0.05, 0) is 56.5 Å². The Labute approximate surface area is 137 Å². The first kappa shape index (κ1) is 16.0. The normalized spacial score (nSPS) is 19.7. The molecule has 0 bridgehead atoms. The molecule has 2 amide bonds. The van der Waals surface area contributed by atoms with Crippen molar-refractivity contribution < 1.29 is 9.59 Å². The van der Waals surface area contributed by atoms with Gasteiger partial charge in [-0.1, -0.05) is 12.1 Å². The van der Waals surface area contributed by atoms with Gasteiger partial charge < -0.3 is 15.5 Å². The van der Waals surface area contributed by atoms with Gasteiger partial charge in [0, 0.05) is 31.1 Å². The van der Waals surface area contributed by atoms with Crippen LogP contribution in [0, 0.1) is 5.92 Å². The predicted octanol–water partition coefficient (Wildman–Crippen LogP) is 1.82. The topological polar surface area (TPSA) is 61.4 Å². The molecule has 124 valence electrons. The van der Waals surface area contributed by atoms with E-state index < -0.39 is 0 Å². The number of carbonyl (C=O) groups is 2. The molecule has 2 fully saturated rings. The summed E-state index contributed by atoms with van der Waals surface area (Å²) in [6.45, 7) is 3.22. The number of carbonyl (C=O) groups excluding carboxylic acids is 2. The van der Waals surface area contributed by atoms with Crippen LogP contribution in [0.3, 0.4) is 0 Å². The Hall–Kier alpha value is -1.88. The smallest absolute Gasteiger partial charge is 0.226 e. The van der Waals surface area contributed by atoms with E-state index in [4.69, 9.17) is 0 Å². The number of benzene rings is 1. The third kappa shape index (κ3) is 4.10. The van der Waals surface area contributed by atoms with Gasteiger partial charge in [0.25, 0.3) is 0 Å². The lowest BCUT2D eigenvalue weighted by Crippen LogP contribution is -2.37. The third-order valence-corrected chi connectivity index (χ3v) is 4.75. The summed E-state index contributed by atoms with van der Waals surface area (Å²) in [4.78, 5) is 25.9. The largest absolute Gasteiger partial charge is 0.352 e. The van der Waals surface area contributed by atoms with Crippen LogP contribution in [0.25, 0.3) is 0 Å². The van der Waals surface area contributed by atoms with Crippen LogP contribution in [0.2, 0.25) is 0 Å². The van der Waals surface area contributed by atoms with Crippen LogP contribution in [-0.4, -0.2) is 31.4 Å². The van der Waals surface area contributed by atoms with Crippen LogP contribution in [0.4, 0.5) is 5.69 Å². The van der Waals surface area contributed by atoms with Gasteiger partial charge in [-0.25, -0.2) is 0 Å². The molecule has 1 aromatic rings. The number of nitrogens with zero attached hydrogens (tertiary/aromatic N) is 1. The Balaban J connectivity index is 1.53. The highest BCUT2D eigenvalue weighted by Crippen LogP contribution is 2.21. The summed E-state index contributed by atoms with van der Waals surface area (Å²) >= 11 is 0. The minimum absolute atomic E-state index is 0.140. The van der Waals surface area contributed by atoms with Crippen LogP contribution in [0.1, 0.15) is 37.7 Å². The Kier molecular flexibility index (Phi) is 5.28. The van der Waals surface area contributed by atoms with E-state index in [1.807, 2.05) is 29.2 Å². The molecule has 3 rings (SSSR count). The molecule has 2 heterocycles. The van der Waals surface area contributed by atoms with E-state index in [0.717, 1.165) is 56.6 Å². The Morgan fingerprint density at radius 2 is 1.91 bits per heavy atom. The van der Waals surface area contributed by atoms with Crippen molar-refractivity contribution in [2.24, 2.45) is 5.92 Å². The molecule has 5 heteroatoms. The van der Waals surface area contributed by atoms with E-state index in [-0.39, 0.29) is 17.7 Å². The lowest BCUT2D eigenvalue weighted by Gasteiger charge is -2.27. The SMILES string of the molecule is O=C(NCc1ccc(N2CCCCC2=O)cc1)C1CCNCC1. The summed E-state index contributed by atoms with van der Waals surface area (Å²) in [6.07, 6.45) is 4.55. The zero-order valence-electron chi connectivity index (χ0n) is 13.5. The van der Waals surface area contributed by atoms with Crippen molar-refractivity contribution in [1.29, 1.82) is 0 Å². The van der Waals surface area contributed by atoms with Crippen LogP contribution < -0.4 is 15.5 Å². The van der Waals surface area contributed by atoms with E-state index in [1.54, 1.807) is 0 Å². The zero-order valence-corrected chi connectivity index (χ0v) is 13.5. The standard InChI is InChI=1S/C18H25N3O2/c22-17-3-1-2-12-21(17)16-6-4-14(5-7-16)13-20-18(23)15-8-10-19-11-9-15/h4-7,15,19H,1-3,8-13H2,(H,20,23). The molecular weight excluding hydrogens is 290 g/mol. The fourth-order valence-electron chi connectivity index (χ4n) is 3.29. The fraction of sp³-hybridized carbons (Fsp3) is 0.556. The molecule has 0 spiro atoms. The highest BCUT2D eigenvalue weighted by molar-refractivity contribution is 5.93. The second-order valence-corrected chi connectivity index (χ2v) is 6.41. The molecule has 0 saturated carbocycles. The average Bonchev–Trinajstić information content (AvgIpc) is 2.61. The molecule has 1 aromatic carbocycles. The fourth-order valence-corrected chi connectivity index (χ4v) is 3.29. The van der Waals surface area contributed by atoms with E-state index in [2.05, 4.69) is 10.6 Å². The van der Waals surface area contributed by atoms with E-state index in [9.17, 15) is 9.59 Å². The number of amides is 2. The van der Waals surface area contributed by atoms with Crippen molar-refractivity contribution >= 4 is 17.5 Å². The first-order chi connectivity index (χ1) is 11.2. The van der Waals surface area contributed by atoms with Crippen molar-refractivity contribution in [2.75, 3.05) is 24.5 Å². The molecule has 0 radical (unpaired) electrons. The van der Waals surface area contributed by atoms with Crippen molar-refractivity contribution in [2.45, 2.75) is 38.6 Å². The molecule has 0 atom stereocenters. The van der Waals surface area contributed by atoms with Gasteiger partial charge in [-0.3, -0.25) is 9.59 Å². The summed E-state index contributed by atoms with van der Waals surface area (Å²) in [5.41, 5.74) is 2.03. The molecule has 2 aliphatic rings. The average molecular weight is 315 g/mol. The third-order valence-electron chi connectivity index (χ3n) is 4.75. The highest BCUT2D eigenvalue weighted by atomic mass is 16.2. The van der Waals surface area contributed by atoms with E-state index in [1.165, 1.54) is 0 Å². The highest BCUT2D eigenvalue weighted by Gasteiger charge is 2.21. The van der Waals surface area contributed by atoms with Crippen molar-refractivity contribution in [3.63, 3.8) is 0 Å². The lowest BCUT2D eigenvalue weighted by molar-refractivity contribution is -0.126. The van der Waals surface area contributed by atoms with Gasteiger partial charge in [0.15, 0.2) is 0 Å². The minimum Gasteiger partial charge on any atom is -0.352 e. The van der Waals surface area contributed by atoms with Gasteiger partial charge in [0.2, 0.25) is 11.8 Å². The summed E-state index contributed by atoms with van der Waals surface area (Å²) in [5.74, 6) is 0.506. The number of hydrogen-bond donors (Lipinski definition) is 2. The van der Waals surface area contributed by atoms with Gasteiger partial charge in [0.05, 0.1) is 0 Å². The maximum Gasteiger partial charge on any atom is 0.226 e. The Bertz CT molecular complexity index is 550. The van der Waals surface area contributed by atoms with E-state index >= 15 is 0 Å². The number of hydrogen-bond acceptors (Lipinski definition) is 3. The van der Waals surface area contributed by atoms with Crippen molar-refractivity contribution in [3.05, 3.63) is 29.8 Å². The minimum atomic E-state index is 0.140. The first-order valence-electron chi connectivity index (χ1n) is 8.62. The molecule has 2 N–H and O–H groups in total. The molecule has 0 aliphatic carbocycles. The maximum atomic E-state index is 12.1. The summed E-state index contributed by atoms with van der Waals surface area (Å²) < 4.78 is 0. The Morgan fingerprint density at radius 3 is 2.61 bits per heavy atom. The van der Waals surface area contributed by atoms with Crippen LogP contribution in [0.15, 0.2) is 24.3 Å². The number of piperidine rings is 2. The van der Waals surface area contributed by atoms with Crippen LogP contribution in [0.5, 0.6) is 0 Å². The summed E-state index contributed by atoms with van der Waals surface area (Å²) in [6, 6.07) is 7.96. The van der Waals surface area contributed by atoms with Crippen LogP contribution >= 0.6 is 0 Å². The Morgan fingerprint density at radius 1 is 1.17 bits per heavy atom. The van der Waals surface area contributed by atoms with Gasteiger partial charge in [0.1, 0.15) is 0 Å². The van der Waals surface area contributed by atoms with Gasteiger partial charge in [-0.15, -0.1) is 0 Å². The maximum absolute atomic E-state index is 12.1. The number of anilines is 1. The molecular formula is C18H25N3O2.